The van der Waals surface area contributed by atoms with E-state index in [1.54, 1.807) is 18.2 Å². The molecule has 2 heterocycles. The lowest BCUT2D eigenvalue weighted by molar-refractivity contribution is -0.140. The van der Waals surface area contributed by atoms with Crippen molar-refractivity contribution in [1.82, 2.24) is 4.90 Å². The molecule has 1 saturated heterocycles. The zero-order valence-electron chi connectivity index (χ0n) is 18.2. The summed E-state index contributed by atoms with van der Waals surface area (Å²) < 4.78 is 11.2. The van der Waals surface area contributed by atoms with Gasteiger partial charge in [-0.25, -0.2) is 0 Å². The van der Waals surface area contributed by atoms with Crippen LogP contribution in [0.25, 0.3) is 5.76 Å². The number of amides is 1. The van der Waals surface area contributed by atoms with E-state index < -0.39 is 17.7 Å². The van der Waals surface area contributed by atoms with Crippen molar-refractivity contribution in [2.45, 2.75) is 19.5 Å². The molecule has 6 nitrogen and oxygen atoms in total. The van der Waals surface area contributed by atoms with Gasteiger partial charge in [0.05, 0.1) is 11.6 Å². The third-order valence-electron chi connectivity index (χ3n) is 5.94. The number of Topliss-reactive ketones (excluding diaryl/α,β-unsaturated/α-hetero) is 1. The summed E-state index contributed by atoms with van der Waals surface area (Å²) in [5.41, 5.74) is 3.18. The van der Waals surface area contributed by atoms with Gasteiger partial charge in [0.25, 0.3) is 11.7 Å². The van der Waals surface area contributed by atoms with Crippen molar-refractivity contribution < 1.29 is 24.2 Å². The number of carbonyl (C=O) groups excluding carboxylic acids is 2. The van der Waals surface area contributed by atoms with E-state index in [0.717, 1.165) is 16.7 Å². The van der Waals surface area contributed by atoms with Gasteiger partial charge in [-0.3, -0.25) is 9.59 Å². The Morgan fingerprint density at radius 1 is 0.939 bits per heavy atom. The molecule has 33 heavy (non-hydrogen) atoms. The average molecular weight is 441 g/mol. The summed E-state index contributed by atoms with van der Waals surface area (Å²) >= 11 is 0. The van der Waals surface area contributed by atoms with Crippen LogP contribution in [-0.2, 0) is 16.1 Å². The Balaban J connectivity index is 1.63. The molecule has 166 valence electrons. The van der Waals surface area contributed by atoms with Crippen LogP contribution in [0.1, 0.15) is 28.3 Å². The maximum atomic E-state index is 13.2. The minimum Gasteiger partial charge on any atom is -0.507 e. The summed E-state index contributed by atoms with van der Waals surface area (Å²) in [6.07, 6.45) is 0. The van der Waals surface area contributed by atoms with E-state index >= 15 is 0 Å². The Morgan fingerprint density at radius 3 is 2.36 bits per heavy atom. The molecule has 2 aliphatic heterocycles. The van der Waals surface area contributed by atoms with Crippen LogP contribution in [0, 0.1) is 6.92 Å². The molecule has 0 aliphatic carbocycles. The second-order valence-electron chi connectivity index (χ2n) is 8.18. The van der Waals surface area contributed by atoms with E-state index in [9.17, 15) is 14.7 Å². The van der Waals surface area contributed by atoms with Crippen LogP contribution in [0.5, 0.6) is 11.5 Å². The van der Waals surface area contributed by atoms with E-state index in [2.05, 4.69) is 0 Å². The molecule has 3 aromatic rings. The molecule has 3 aromatic carbocycles. The normalized spacial score (nSPS) is 19.1. The molecule has 0 bridgehead atoms. The first-order chi connectivity index (χ1) is 16.0. The molecular weight excluding hydrogens is 418 g/mol. The van der Waals surface area contributed by atoms with E-state index in [1.807, 2.05) is 61.5 Å². The van der Waals surface area contributed by atoms with E-state index in [1.165, 1.54) is 4.90 Å². The summed E-state index contributed by atoms with van der Waals surface area (Å²) in [6.45, 7) is 3.08. The molecule has 6 heteroatoms. The fourth-order valence-electron chi connectivity index (χ4n) is 4.26. The van der Waals surface area contributed by atoms with E-state index in [4.69, 9.17) is 9.47 Å². The van der Waals surface area contributed by atoms with Gasteiger partial charge in [-0.2, -0.15) is 0 Å². The SMILES string of the molecule is Cc1ccc([C@@H]2C(=C(O)c3ccc4c(c3)OCCO4)C(=O)C(=O)N2Cc2ccccc2)cc1. The Morgan fingerprint density at radius 2 is 1.64 bits per heavy atom. The molecule has 2 aliphatic rings. The Hall–Kier alpha value is -4.06. The monoisotopic (exact) mass is 441 g/mol. The third-order valence-corrected chi connectivity index (χ3v) is 5.94. The smallest absolute Gasteiger partial charge is 0.295 e. The highest BCUT2D eigenvalue weighted by atomic mass is 16.6. The molecular formula is C27H23NO5. The molecule has 1 fully saturated rings. The Kier molecular flexibility index (Phi) is 5.34. The first-order valence-corrected chi connectivity index (χ1v) is 10.8. The highest BCUT2D eigenvalue weighted by molar-refractivity contribution is 6.46. The molecule has 0 radical (unpaired) electrons. The van der Waals surface area contributed by atoms with Crippen LogP contribution in [0.3, 0.4) is 0 Å². The minimum absolute atomic E-state index is 0.0662. The Bertz CT molecular complexity index is 1250. The fraction of sp³-hybridized carbons (Fsp3) is 0.185. The maximum absolute atomic E-state index is 13.2. The number of hydrogen-bond acceptors (Lipinski definition) is 5. The number of nitrogens with zero attached hydrogens (tertiary/aromatic N) is 1. The lowest BCUT2D eigenvalue weighted by atomic mass is 9.94. The zero-order chi connectivity index (χ0) is 22.9. The molecule has 0 aromatic heterocycles. The highest BCUT2D eigenvalue weighted by Gasteiger charge is 2.46. The molecule has 1 N–H and O–H groups in total. The van der Waals surface area contributed by atoms with Crippen LogP contribution in [0.4, 0.5) is 0 Å². The van der Waals surface area contributed by atoms with Gasteiger partial charge in [0.1, 0.15) is 19.0 Å². The quantitative estimate of drug-likeness (QED) is 0.369. The average Bonchev–Trinajstić information content (AvgIpc) is 3.09. The van der Waals surface area contributed by atoms with Gasteiger partial charge >= 0.3 is 0 Å². The number of hydrogen-bond donors (Lipinski definition) is 1. The van der Waals surface area contributed by atoms with Crippen LogP contribution < -0.4 is 9.47 Å². The number of fused-ring (bicyclic) bond motifs is 1. The summed E-state index contributed by atoms with van der Waals surface area (Å²) in [7, 11) is 0. The Labute approximate surface area is 191 Å². The fourth-order valence-corrected chi connectivity index (χ4v) is 4.26. The summed E-state index contributed by atoms with van der Waals surface area (Å²) in [5.74, 6) is -0.494. The molecule has 0 spiro atoms. The third kappa shape index (κ3) is 3.84. The molecule has 0 unspecified atom stereocenters. The van der Waals surface area contributed by atoms with Crippen molar-refractivity contribution in [3.05, 3.63) is 101 Å². The standard InChI is InChI=1S/C27H23NO5/c1-17-7-9-19(10-8-17)24-23(25(29)20-11-12-21-22(15-20)33-14-13-32-21)26(30)27(31)28(24)16-18-5-3-2-4-6-18/h2-12,15,24,29H,13-14,16H2,1H3/t24-/m1/s1. The lowest BCUT2D eigenvalue weighted by Gasteiger charge is -2.25. The van der Waals surface area contributed by atoms with Crippen LogP contribution in [0.15, 0.2) is 78.4 Å². The van der Waals surface area contributed by atoms with E-state index in [0.29, 0.717) is 30.3 Å². The number of likely N-dealkylation sites (tertiary alicyclic amines) is 1. The summed E-state index contributed by atoms with van der Waals surface area (Å²) in [5, 5.41) is 11.3. The number of rotatable bonds is 4. The highest BCUT2D eigenvalue weighted by Crippen LogP contribution is 2.41. The van der Waals surface area contributed by atoms with Crippen molar-refractivity contribution in [3.8, 4) is 11.5 Å². The van der Waals surface area contributed by atoms with Crippen molar-refractivity contribution in [3.63, 3.8) is 0 Å². The summed E-state index contributed by atoms with van der Waals surface area (Å²) in [4.78, 5) is 27.8. The predicted molar refractivity (Wildman–Crippen MR) is 123 cm³/mol. The minimum atomic E-state index is -0.709. The topological polar surface area (TPSA) is 76.1 Å². The number of aliphatic hydroxyl groups is 1. The number of aliphatic hydroxyl groups excluding tert-OH is 1. The van der Waals surface area contributed by atoms with Gasteiger partial charge in [-0.15, -0.1) is 0 Å². The van der Waals surface area contributed by atoms with Crippen molar-refractivity contribution >= 4 is 17.4 Å². The molecule has 5 rings (SSSR count). The van der Waals surface area contributed by atoms with Crippen molar-refractivity contribution in [2.75, 3.05) is 13.2 Å². The lowest BCUT2D eigenvalue weighted by Crippen LogP contribution is -2.29. The first-order valence-electron chi connectivity index (χ1n) is 10.8. The molecule has 1 atom stereocenters. The van der Waals surface area contributed by atoms with Gasteiger partial charge in [-0.05, 0) is 36.2 Å². The van der Waals surface area contributed by atoms with Crippen molar-refractivity contribution in [2.24, 2.45) is 0 Å². The van der Waals surface area contributed by atoms with Crippen molar-refractivity contribution in [1.29, 1.82) is 0 Å². The largest absolute Gasteiger partial charge is 0.507 e. The van der Waals surface area contributed by atoms with Gasteiger partial charge in [0.2, 0.25) is 0 Å². The first kappa shape index (κ1) is 20.8. The number of ether oxygens (including phenoxy) is 2. The van der Waals surface area contributed by atoms with Gasteiger partial charge in [0.15, 0.2) is 11.5 Å². The van der Waals surface area contributed by atoms with E-state index in [-0.39, 0.29) is 17.9 Å². The number of carbonyl (C=O) groups is 2. The second kappa shape index (κ2) is 8.47. The number of benzene rings is 3. The molecule has 0 saturated carbocycles. The number of ketones is 1. The maximum Gasteiger partial charge on any atom is 0.295 e. The van der Waals surface area contributed by atoms with Gasteiger partial charge in [-0.1, -0.05) is 60.2 Å². The van der Waals surface area contributed by atoms with Crippen LogP contribution in [-0.4, -0.2) is 34.9 Å². The van der Waals surface area contributed by atoms with Crippen LogP contribution >= 0.6 is 0 Å². The number of aryl methyl sites for hydroxylation is 1. The molecule has 1 amide bonds. The zero-order valence-corrected chi connectivity index (χ0v) is 18.2. The van der Waals surface area contributed by atoms with Crippen LogP contribution in [0.2, 0.25) is 0 Å². The van der Waals surface area contributed by atoms with Gasteiger partial charge in [0, 0.05) is 12.1 Å². The second-order valence-corrected chi connectivity index (χ2v) is 8.18. The van der Waals surface area contributed by atoms with Gasteiger partial charge < -0.3 is 19.5 Å². The summed E-state index contributed by atoms with van der Waals surface area (Å²) in [6, 6.07) is 21.4. The predicted octanol–water partition coefficient (Wildman–Crippen LogP) is 4.39.